The Morgan fingerprint density at radius 2 is 2.16 bits per heavy atom. The van der Waals surface area contributed by atoms with E-state index < -0.39 is 10.8 Å². The number of hydrogen-bond donors (Lipinski definition) is 1. The molecule has 1 fully saturated rings. The lowest BCUT2D eigenvalue weighted by atomic mass is 10.2. The average molecular weight is 320 g/mol. The lowest BCUT2D eigenvalue weighted by molar-refractivity contribution is 0.523. The molecule has 19 heavy (non-hydrogen) atoms. The van der Waals surface area contributed by atoms with Gasteiger partial charge in [0.15, 0.2) is 0 Å². The van der Waals surface area contributed by atoms with Crippen molar-refractivity contribution >= 4 is 34.0 Å². The second-order valence-electron chi connectivity index (χ2n) is 4.96. The van der Waals surface area contributed by atoms with Gasteiger partial charge in [-0.2, -0.15) is 0 Å². The highest BCUT2D eigenvalue weighted by atomic mass is 35.5. The maximum Gasteiger partial charge on any atom is 0.0591 e. The van der Waals surface area contributed by atoms with Crippen molar-refractivity contribution < 1.29 is 4.21 Å². The molecule has 1 N–H and O–H groups in total. The van der Waals surface area contributed by atoms with Gasteiger partial charge in [-0.15, -0.1) is 0 Å². The van der Waals surface area contributed by atoms with E-state index in [1.54, 1.807) is 18.2 Å². The van der Waals surface area contributed by atoms with E-state index in [-0.39, 0.29) is 5.25 Å². The molecule has 1 aliphatic rings. The first-order chi connectivity index (χ1) is 9.11. The molecule has 0 spiro atoms. The van der Waals surface area contributed by atoms with Crippen molar-refractivity contribution in [3.8, 4) is 0 Å². The van der Waals surface area contributed by atoms with Gasteiger partial charge in [0, 0.05) is 16.3 Å². The van der Waals surface area contributed by atoms with E-state index in [2.05, 4.69) is 12.2 Å². The maximum atomic E-state index is 12.6. The summed E-state index contributed by atoms with van der Waals surface area (Å²) in [4.78, 5) is 0.676. The topological polar surface area (TPSA) is 29.1 Å². The van der Waals surface area contributed by atoms with Crippen molar-refractivity contribution in [2.45, 2.75) is 48.8 Å². The first-order valence-corrected chi connectivity index (χ1v) is 8.67. The van der Waals surface area contributed by atoms with Gasteiger partial charge in [0.2, 0.25) is 0 Å². The molecule has 0 aromatic heterocycles. The Morgan fingerprint density at radius 3 is 2.89 bits per heavy atom. The van der Waals surface area contributed by atoms with E-state index in [0.29, 0.717) is 21.0 Å². The molecule has 0 bridgehead atoms. The van der Waals surface area contributed by atoms with Crippen molar-refractivity contribution in [2.24, 2.45) is 0 Å². The van der Waals surface area contributed by atoms with Crippen LogP contribution < -0.4 is 5.32 Å². The molecule has 0 saturated heterocycles. The minimum Gasteiger partial charge on any atom is -0.314 e. The molecule has 3 atom stereocenters. The zero-order chi connectivity index (χ0) is 13.8. The minimum atomic E-state index is -1.06. The number of halogens is 2. The van der Waals surface area contributed by atoms with Gasteiger partial charge in [0.05, 0.1) is 20.7 Å². The Bertz CT molecular complexity index is 467. The molecule has 0 radical (unpaired) electrons. The minimum absolute atomic E-state index is 0.185. The Hall–Kier alpha value is -0.0900. The second kappa shape index (κ2) is 7.07. The Morgan fingerprint density at radius 1 is 1.37 bits per heavy atom. The summed E-state index contributed by atoms with van der Waals surface area (Å²) in [5.41, 5.74) is 0. The predicted molar refractivity (Wildman–Crippen MR) is 82.6 cm³/mol. The molecular weight excluding hydrogens is 301 g/mol. The number of nitrogens with one attached hydrogen (secondary N) is 1. The van der Waals surface area contributed by atoms with Crippen LogP contribution in [0.5, 0.6) is 0 Å². The van der Waals surface area contributed by atoms with Gasteiger partial charge in [-0.3, -0.25) is 4.21 Å². The molecule has 0 heterocycles. The summed E-state index contributed by atoms with van der Waals surface area (Å²) < 4.78 is 12.6. The zero-order valence-corrected chi connectivity index (χ0v) is 13.3. The molecule has 2 rings (SSSR count). The van der Waals surface area contributed by atoms with Crippen LogP contribution >= 0.6 is 23.2 Å². The van der Waals surface area contributed by atoms with E-state index in [1.165, 1.54) is 0 Å². The quantitative estimate of drug-likeness (QED) is 0.888. The van der Waals surface area contributed by atoms with Crippen LogP contribution in [0.25, 0.3) is 0 Å². The molecule has 5 heteroatoms. The molecule has 3 unspecified atom stereocenters. The van der Waals surface area contributed by atoms with Crippen molar-refractivity contribution in [3.05, 3.63) is 28.2 Å². The van der Waals surface area contributed by atoms with E-state index >= 15 is 0 Å². The molecule has 1 saturated carbocycles. The SMILES string of the molecule is CCCNC1CCC(S(=O)c2cc(Cl)ccc2Cl)C1. The van der Waals surface area contributed by atoms with E-state index in [1.807, 2.05) is 0 Å². The van der Waals surface area contributed by atoms with Crippen LogP contribution in [0.15, 0.2) is 23.1 Å². The number of benzene rings is 1. The van der Waals surface area contributed by atoms with Crippen molar-refractivity contribution in [3.63, 3.8) is 0 Å². The van der Waals surface area contributed by atoms with Crippen LogP contribution in [0.4, 0.5) is 0 Å². The fourth-order valence-electron chi connectivity index (χ4n) is 2.48. The fourth-order valence-corrected chi connectivity index (χ4v) is 4.68. The van der Waals surface area contributed by atoms with Gasteiger partial charge in [-0.1, -0.05) is 30.1 Å². The predicted octanol–water partition coefficient (Wildman–Crippen LogP) is 4.02. The van der Waals surface area contributed by atoms with Gasteiger partial charge >= 0.3 is 0 Å². The summed E-state index contributed by atoms with van der Waals surface area (Å²) in [6.45, 7) is 3.19. The molecular formula is C14H19Cl2NOS. The summed E-state index contributed by atoms with van der Waals surface area (Å²) in [5, 5.41) is 4.82. The van der Waals surface area contributed by atoms with Gasteiger partial charge < -0.3 is 5.32 Å². The van der Waals surface area contributed by atoms with Gasteiger partial charge in [0.25, 0.3) is 0 Å². The van der Waals surface area contributed by atoms with Crippen LogP contribution in [0.2, 0.25) is 10.0 Å². The monoisotopic (exact) mass is 319 g/mol. The fraction of sp³-hybridized carbons (Fsp3) is 0.571. The lowest BCUT2D eigenvalue weighted by Crippen LogP contribution is -2.28. The summed E-state index contributed by atoms with van der Waals surface area (Å²) >= 11 is 12.1. The highest BCUT2D eigenvalue weighted by molar-refractivity contribution is 7.85. The largest absolute Gasteiger partial charge is 0.314 e. The average Bonchev–Trinajstić information content (AvgIpc) is 2.87. The Balaban J connectivity index is 2.03. The summed E-state index contributed by atoms with van der Waals surface area (Å²) in [6, 6.07) is 5.67. The molecule has 106 valence electrons. The highest BCUT2D eigenvalue weighted by Crippen LogP contribution is 2.31. The third-order valence-electron chi connectivity index (χ3n) is 3.48. The highest BCUT2D eigenvalue weighted by Gasteiger charge is 2.30. The van der Waals surface area contributed by atoms with Crippen LogP contribution in [-0.2, 0) is 10.8 Å². The molecule has 1 aliphatic carbocycles. The van der Waals surface area contributed by atoms with Crippen molar-refractivity contribution in [2.75, 3.05) is 6.54 Å². The van der Waals surface area contributed by atoms with Crippen LogP contribution in [0.1, 0.15) is 32.6 Å². The first-order valence-electron chi connectivity index (χ1n) is 6.70. The van der Waals surface area contributed by atoms with Gasteiger partial charge in [-0.25, -0.2) is 0 Å². The molecule has 1 aromatic carbocycles. The number of rotatable bonds is 5. The lowest BCUT2D eigenvalue weighted by Gasteiger charge is -2.13. The van der Waals surface area contributed by atoms with Crippen LogP contribution in [-0.4, -0.2) is 22.0 Å². The van der Waals surface area contributed by atoms with Crippen LogP contribution in [0, 0.1) is 0 Å². The molecule has 2 nitrogen and oxygen atoms in total. The Kier molecular flexibility index (Phi) is 5.70. The third-order valence-corrected chi connectivity index (χ3v) is 5.96. The summed E-state index contributed by atoms with van der Waals surface area (Å²) in [6.07, 6.45) is 4.16. The summed E-state index contributed by atoms with van der Waals surface area (Å²) in [5.74, 6) is 0. The number of hydrogen-bond acceptors (Lipinski definition) is 2. The smallest absolute Gasteiger partial charge is 0.0591 e. The third kappa shape index (κ3) is 3.94. The normalized spacial score (nSPS) is 24.6. The Labute approximate surface area is 127 Å². The van der Waals surface area contributed by atoms with E-state index in [0.717, 1.165) is 32.2 Å². The van der Waals surface area contributed by atoms with Crippen molar-refractivity contribution in [1.82, 2.24) is 5.32 Å². The maximum absolute atomic E-state index is 12.6. The van der Waals surface area contributed by atoms with Crippen LogP contribution in [0.3, 0.4) is 0 Å². The van der Waals surface area contributed by atoms with E-state index in [9.17, 15) is 4.21 Å². The molecule has 0 amide bonds. The molecule has 1 aromatic rings. The van der Waals surface area contributed by atoms with Crippen molar-refractivity contribution in [1.29, 1.82) is 0 Å². The summed E-state index contributed by atoms with van der Waals surface area (Å²) in [7, 11) is -1.06. The second-order valence-corrected chi connectivity index (χ2v) is 7.50. The van der Waals surface area contributed by atoms with E-state index in [4.69, 9.17) is 23.2 Å². The van der Waals surface area contributed by atoms with Gasteiger partial charge in [0.1, 0.15) is 0 Å². The molecule has 0 aliphatic heterocycles. The first kappa shape index (κ1) is 15.3. The van der Waals surface area contributed by atoms with Gasteiger partial charge in [-0.05, 0) is 50.4 Å². The zero-order valence-electron chi connectivity index (χ0n) is 11.0. The standard InChI is InChI=1S/C14H19Cl2NOS/c1-2-7-17-11-4-5-12(9-11)19(18)14-8-10(15)3-6-13(14)16/h3,6,8,11-12,17H,2,4-5,7,9H2,1H3.